The molecule has 0 aromatic heterocycles. The van der Waals surface area contributed by atoms with Crippen LogP contribution in [-0.4, -0.2) is 62.6 Å². The van der Waals surface area contributed by atoms with E-state index in [1.165, 1.54) is 51.9 Å². The second-order valence-corrected chi connectivity index (χ2v) is 15.8. The van der Waals surface area contributed by atoms with Crippen LogP contribution in [0.3, 0.4) is 0 Å². The molecule has 0 radical (unpaired) electrons. The lowest BCUT2D eigenvalue weighted by Gasteiger charge is -2.52. The molecule has 4 aliphatic carbocycles. The number of rotatable bonds is 18. The van der Waals surface area contributed by atoms with Crippen molar-refractivity contribution in [2.24, 2.45) is 29.1 Å². The fraction of sp³-hybridized carbons (Fsp3) is 0.775. The summed E-state index contributed by atoms with van der Waals surface area (Å²) >= 11 is 0. The Balaban J connectivity index is 1.31. The quantitative estimate of drug-likeness (QED) is 0.0801. The van der Waals surface area contributed by atoms with Crippen LogP contribution in [0, 0.1) is 29.1 Å². The van der Waals surface area contributed by atoms with Crippen molar-refractivity contribution in [1.82, 2.24) is 0 Å². The first-order valence-corrected chi connectivity index (χ1v) is 18.7. The summed E-state index contributed by atoms with van der Waals surface area (Å²) < 4.78 is 11.5. The Morgan fingerprint density at radius 1 is 0.938 bits per heavy atom. The maximum atomic E-state index is 13.4. The summed E-state index contributed by atoms with van der Waals surface area (Å²) in [5.74, 6) is -4.30. The molecule has 48 heavy (non-hydrogen) atoms. The van der Waals surface area contributed by atoms with E-state index in [1.54, 1.807) is 19.9 Å². The molecule has 2 saturated carbocycles. The van der Waals surface area contributed by atoms with E-state index in [1.807, 2.05) is 19.9 Å². The first kappa shape index (κ1) is 38.5. The molecular weight excluding hydrogens is 608 g/mol. The van der Waals surface area contributed by atoms with E-state index >= 15 is 0 Å². The molecule has 0 bridgehead atoms. The second kappa shape index (κ2) is 15.7. The third-order valence-corrected chi connectivity index (χ3v) is 12.2. The molecular formula is C40H62O8. The summed E-state index contributed by atoms with van der Waals surface area (Å²) in [6.45, 7) is 10.6. The predicted octanol–water partition coefficient (Wildman–Crippen LogP) is 7.09. The number of esters is 2. The van der Waals surface area contributed by atoms with Crippen LogP contribution < -0.4 is 0 Å². The molecule has 0 heterocycles. The van der Waals surface area contributed by atoms with Crippen molar-refractivity contribution < 1.29 is 39.2 Å². The van der Waals surface area contributed by atoms with Crippen molar-refractivity contribution in [2.45, 2.75) is 161 Å². The Morgan fingerprint density at radius 2 is 1.52 bits per heavy atom. The number of carbonyl (C=O) groups is 3. The van der Waals surface area contributed by atoms with Crippen molar-refractivity contribution in [3.63, 3.8) is 0 Å². The van der Waals surface area contributed by atoms with E-state index < -0.39 is 63.7 Å². The SMILES string of the molecule is CCCCCCCCC=CCCCCCCCC(=O)OCC1=CC2C3C(C)(C)C3(OC(C)=O)C(O)C(C)C2(O)C2C=C(C)C(=O)C2(O)C1. The highest BCUT2D eigenvalue weighted by atomic mass is 16.6. The Kier molecular flexibility index (Phi) is 12.6. The van der Waals surface area contributed by atoms with Gasteiger partial charge < -0.3 is 24.8 Å². The van der Waals surface area contributed by atoms with E-state index in [2.05, 4.69) is 19.1 Å². The average molecular weight is 671 g/mol. The number of ether oxygens (including phenoxy) is 2. The minimum absolute atomic E-state index is 0.0969. The monoisotopic (exact) mass is 670 g/mol. The van der Waals surface area contributed by atoms with Crippen LogP contribution >= 0.6 is 0 Å². The van der Waals surface area contributed by atoms with E-state index in [9.17, 15) is 29.7 Å². The number of carbonyl (C=O) groups excluding carboxylic acids is 3. The number of Topliss-reactive ketones (excluding diaryl/α,β-unsaturated/α-hetero) is 1. The largest absolute Gasteiger partial charge is 0.461 e. The lowest BCUT2D eigenvalue weighted by atomic mass is 9.59. The highest BCUT2D eigenvalue weighted by molar-refractivity contribution is 6.04. The zero-order valence-corrected chi connectivity index (χ0v) is 30.4. The van der Waals surface area contributed by atoms with Gasteiger partial charge in [0, 0.05) is 48.9 Å². The van der Waals surface area contributed by atoms with Gasteiger partial charge in [0.2, 0.25) is 0 Å². The molecule has 4 rings (SSSR count). The van der Waals surface area contributed by atoms with Crippen molar-refractivity contribution in [1.29, 1.82) is 0 Å². The van der Waals surface area contributed by atoms with Gasteiger partial charge >= 0.3 is 11.9 Å². The molecule has 0 aromatic carbocycles. The number of ketones is 1. The normalized spacial score (nSPS) is 34.9. The molecule has 0 aromatic rings. The van der Waals surface area contributed by atoms with Gasteiger partial charge in [-0.3, -0.25) is 14.4 Å². The molecule has 3 N–H and O–H groups in total. The molecule has 8 atom stereocenters. The van der Waals surface area contributed by atoms with Crippen molar-refractivity contribution in [3.05, 3.63) is 35.5 Å². The van der Waals surface area contributed by atoms with Crippen molar-refractivity contribution >= 4 is 17.7 Å². The first-order chi connectivity index (χ1) is 22.7. The summed E-state index contributed by atoms with van der Waals surface area (Å²) in [4.78, 5) is 38.4. The second-order valence-electron chi connectivity index (χ2n) is 15.8. The lowest BCUT2D eigenvalue weighted by molar-refractivity contribution is -0.218. The van der Waals surface area contributed by atoms with Crippen LogP contribution in [0.1, 0.15) is 138 Å². The fourth-order valence-corrected chi connectivity index (χ4v) is 9.48. The summed E-state index contributed by atoms with van der Waals surface area (Å²) in [6.07, 6.45) is 22.3. The summed E-state index contributed by atoms with van der Waals surface area (Å²) in [5.41, 5.74) is -4.66. The highest BCUT2D eigenvalue weighted by Crippen LogP contribution is 2.76. The van der Waals surface area contributed by atoms with Crippen molar-refractivity contribution in [2.75, 3.05) is 6.61 Å². The average Bonchev–Trinajstić information content (AvgIpc) is 3.46. The van der Waals surface area contributed by atoms with E-state index in [0.717, 1.165) is 38.5 Å². The van der Waals surface area contributed by atoms with Gasteiger partial charge in [-0.2, -0.15) is 0 Å². The standard InChI is InChI=1S/C40H62O8/c1-7-8-9-10-11-12-13-14-15-16-17-18-19-20-21-22-33(42)47-26-30-24-31-34-37(5,6)40(34,48-29(4)41)36(44)28(3)39(31,46)32-23-27(2)35(43)38(32,45)25-30/h14-15,23-24,28,31-32,34,36,44-46H,7-13,16-22,25-26H2,1-6H3. The van der Waals surface area contributed by atoms with Gasteiger partial charge in [-0.25, -0.2) is 0 Å². The van der Waals surface area contributed by atoms with Gasteiger partial charge in [0.1, 0.15) is 17.8 Å². The number of aliphatic hydroxyl groups is 3. The maximum Gasteiger partial charge on any atom is 0.306 e. The number of unbranched alkanes of at least 4 members (excludes halogenated alkanes) is 11. The number of allylic oxidation sites excluding steroid dienone is 2. The molecule has 8 heteroatoms. The lowest BCUT2D eigenvalue weighted by Crippen LogP contribution is -2.65. The number of fused-ring (bicyclic) bond motifs is 5. The Bertz CT molecular complexity index is 1260. The number of hydrogen-bond donors (Lipinski definition) is 3. The highest BCUT2D eigenvalue weighted by Gasteiger charge is 2.86. The van der Waals surface area contributed by atoms with Gasteiger partial charge in [-0.1, -0.05) is 103 Å². The van der Waals surface area contributed by atoms with Gasteiger partial charge in [0.25, 0.3) is 0 Å². The minimum atomic E-state index is -1.94. The zero-order chi connectivity index (χ0) is 35.3. The number of aliphatic hydroxyl groups excluding tert-OH is 1. The topological polar surface area (TPSA) is 130 Å². The van der Waals surface area contributed by atoms with E-state index in [4.69, 9.17) is 9.47 Å². The van der Waals surface area contributed by atoms with E-state index in [0.29, 0.717) is 17.6 Å². The van der Waals surface area contributed by atoms with Crippen LogP contribution in [-0.2, 0) is 23.9 Å². The predicted molar refractivity (Wildman–Crippen MR) is 186 cm³/mol. The molecule has 0 spiro atoms. The summed E-state index contributed by atoms with van der Waals surface area (Å²) in [7, 11) is 0. The molecule has 8 unspecified atom stereocenters. The Hall–Kier alpha value is -2.29. The molecule has 270 valence electrons. The van der Waals surface area contributed by atoms with Gasteiger partial charge in [-0.05, 0) is 50.2 Å². The van der Waals surface area contributed by atoms with Crippen LogP contribution in [0.2, 0.25) is 0 Å². The van der Waals surface area contributed by atoms with Gasteiger partial charge in [0.15, 0.2) is 5.78 Å². The molecule has 0 saturated heterocycles. The molecule has 4 aliphatic rings. The van der Waals surface area contributed by atoms with Gasteiger partial charge in [0.05, 0.1) is 11.7 Å². The van der Waals surface area contributed by atoms with Crippen LogP contribution in [0.5, 0.6) is 0 Å². The van der Waals surface area contributed by atoms with Crippen LogP contribution in [0.4, 0.5) is 0 Å². The zero-order valence-electron chi connectivity index (χ0n) is 30.4. The smallest absolute Gasteiger partial charge is 0.306 e. The summed E-state index contributed by atoms with van der Waals surface area (Å²) in [5, 5.41) is 36.1. The summed E-state index contributed by atoms with van der Waals surface area (Å²) in [6, 6.07) is 0. The number of hydrogen-bond acceptors (Lipinski definition) is 8. The maximum absolute atomic E-state index is 13.4. The van der Waals surface area contributed by atoms with Crippen LogP contribution in [0.15, 0.2) is 35.5 Å². The van der Waals surface area contributed by atoms with Crippen LogP contribution in [0.25, 0.3) is 0 Å². The third kappa shape index (κ3) is 7.27. The minimum Gasteiger partial charge on any atom is -0.461 e. The third-order valence-electron chi connectivity index (χ3n) is 12.2. The Labute approximate surface area is 288 Å². The Morgan fingerprint density at radius 3 is 2.12 bits per heavy atom. The molecule has 2 fully saturated rings. The molecule has 0 aliphatic heterocycles. The first-order valence-electron chi connectivity index (χ1n) is 18.7. The van der Waals surface area contributed by atoms with E-state index in [-0.39, 0.29) is 19.0 Å². The van der Waals surface area contributed by atoms with Crippen molar-refractivity contribution in [3.8, 4) is 0 Å². The molecule has 0 amide bonds. The van der Waals surface area contributed by atoms with Gasteiger partial charge in [-0.15, -0.1) is 0 Å². The molecule has 8 nitrogen and oxygen atoms in total. The fourth-order valence-electron chi connectivity index (χ4n) is 9.48.